The number of hydrogen-bond donors (Lipinski definition) is 1. The Morgan fingerprint density at radius 2 is 1.94 bits per heavy atom. The summed E-state index contributed by atoms with van der Waals surface area (Å²) in [6, 6.07) is 5.85. The molecule has 0 heterocycles. The number of benzene rings is 1. The highest BCUT2D eigenvalue weighted by molar-refractivity contribution is 6.42. The molecule has 2 nitrogen and oxygen atoms in total. The van der Waals surface area contributed by atoms with Gasteiger partial charge < -0.3 is 10.1 Å². The molecule has 1 N–H and O–H groups in total. The first-order valence-electron chi connectivity index (χ1n) is 6.38. The molecule has 102 valence electrons. The lowest BCUT2D eigenvalue weighted by Crippen LogP contribution is -2.34. The van der Waals surface area contributed by atoms with Crippen LogP contribution in [0.15, 0.2) is 18.2 Å². The normalized spacial score (nSPS) is 14.3. The van der Waals surface area contributed by atoms with Gasteiger partial charge >= 0.3 is 0 Å². The Hall–Kier alpha value is -0.440. The first kappa shape index (κ1) is 15.6. The molecule has 0 aliphatic carbocycles. The van der Waals surface area contributed by atoms with Crippen LogP contribution in [0.4, 0.5) is 0 Å². The molecule has 0 amide bonds. The van der Waals surface area contributed by atoms with Crippen molar-refractivity contribution in [3.63, 3.8) is 0 Å². The zero-order valence-electron chi connectivity index (χ0n) is 11.2. The van der Waals surface area contributed by atoms with Gasteiger partial charge in [-0.05, 0) is 32.4 Å². The average molecular weight is 290 g/mol. The maximum Gasteiger partial charge on any atom is 0.121 e. The molecule has 2 unspecified atom stereocenters. The second-order valence-corrected chi connectivity index (χ2v) is 5.42. The van der Waals surface area contributed by atoms with E-state index in [0.29, 0.717) is 16.1 Å². The molecule has 1 rings (SSSR count). The number of rotatable bonds is 7. The summed E-state index contributed by atoms with van der Waals surface area (Å²) in [7, 11) is 0. The maximum atomic E-state index is 5.94. The summed E-state index contributed by atoms with van der Waals surface area (Å²) in [5, 5.41) is 4.51. The van der Waals surface area contributed by atoms with Gasteiger partial charge in [-0.3, -0.25) is 0 Å². The van der Waals surface area contributed by atoms with Crippen molar-refractivity contribution in [2.45, 2.75) is 45.8 Å². The molecule has 0 aliphatic heterocycles. The Labute approximate surface area is 120 Å². The Kier molecular flexibility index (Phi) is 6.83. The highest BCUT2D eigenvalue weighted by Crippen LogP contribution is 2.26. The van der Waals surface area contributed by atoms with Crippen LogP contribution in [0.25, 0.3) is 0 Å². The van der Waals surface area contributed by atoms with E-state index in [4.69, 9.17) is 27.9 Å². The molecular formula is C14H21Cl2NO. The Balaban J connectivity index is 2.39. The van der Waals surface area contributed by atoms with E-state index in [2.05, 4.69) is 19.2 Å². The van der Waals surface area contributed by atoms with Crippen LogP contribution < -0.4 is 10.1 Å². The van der Waals surface area contributed by atoms with Crippen LogP contribution in [0.3, 0.4) is 0 Å². The van der Waals surface area contributed by atoms with E-state index in [9.17, 15) is 0 Å². The lowest BCUT2D eigenvalue weighted by atomic mass is 10.2. The number of nitrogens with one attached hydrogen (secondary N) is 1. The summed E-state index contributed by atoms with van der Waals surface area (Å²) in [5.41, 5.74) is 0. The lowest BCUT2D eigenvalue weighted by Gasteiger charge is -2.19. The number of halogens is 2. The van der Waals surface area contributed by atoms with E-state index in [1.165, 1.54) is 12.8 Å². The van der Waals surface area contributed by atoms with Gasteiger partial charge in [0, 0.05) is 18.7 Å². The van der Waals surface area contributed by atoms with Gasteiger partial charge in [0.15, 0.2) is 0 Å². The fraction of sp³-hybridized carbons (Fsp3) is 0.571. The summed E-state index contributed by atoms with van der Waals surface area (Å²) >= 11 is 11.8. The molecule has 1 aromatic carbocycles. The van der Waals surface area contributed by atoms with Crippen LogP contribution in [0.2, 0.25) is 10.0 Å². The molecule has 0 fully saturated rings. The van der Waals surface area contributed by atoms with E-state index < -0.39 is 0 Å². The third kappa shape index (κ3) is 5.47. The minimum absolute atomic E-state index is 0.0987. The van der Waals surface area contributed by atoms with Crippen molar-refractivity contribution in [2.75, 3.05) is 6.54 Å². The van der Waals surface area contributed by atoms with E-state index in [1.807, 2.05) is 13.0 Å². The van der Waals surface area contributed by atoms with Gasteiger partial charge in [0.25, 0.3) is 0 Å². The summed E-state index contributed by atoms with van der Waals surface area (Å²) in [6.07, 6.45) is 2.47. The van der Waals surface area contributed by atoms with Crippen molar-refractivity contribution in [2.24, 2.45) is 0 Å². The average Bonchev–Trinajstić information content (AvgIpc) is 2.32. The Morgan fingerprint density at radius 3 is 2.56 bits per heavy atom. The minimum Gasteiger partial charge on any atom is -0.489 e. The van der Waals surface area contributed by atoms with E-state index >= 15 is 0 Å². The van der Waals surface area contributed by atoms with Crippen LogP contribution in [0.5, 0.6) is 5.75 Å². The van der Waals surface area contributed by atoms with Crippen LogP contribution in [-0.2, 0) is 0 Å². The van der Waals surface area contributed by atoms with E-state index in [1.54, 1.807) is 12.1 Å². The topological polar surface area (TPSA) is 21.3 Å². The van der Waals surface area contributed by atoms with Gasteiger partial charge in [-0.15, -0.1) is 0 Å². The fourth-order valence-electron chi connectivity index (χ4n) is 1.73. The summed E-state index contributed by atoms with van der Waals surface area (Å²) in [6.45, 7) is 7.23. The van der Waals surface area contributed by atoms with Gasteiger partial charge in [0.1, 0.15) is 11.9 Å². The lowest BCUT2D eigenvalue weighted by molar-refractivity contribution is 0.211. The SMILES string of the molecule is CCCC(C)NCC(C)Oc1ccc(Cl)c(Cl)c1. The van der Waals surface area contributed by atoms with Gasteiger partial charge in [-0.1, -0.05) is 36.5 Å². The van der Waals surface area contributed by atoms with Crippen LogP contribution in [-0.4, -0.2) is 18.7 Å². The molecule has 0 spiro atoms. The van der Waals surface area contributed by atoms with Gasteiger partial charge in [-0.25, -0.2) is 0 Å². The predicted octanol–water partition coefficient (Wildman–Crippen LogP) is 4.54. The van der Waals surface area contributed by atoms with Gasteiger partial charge in [0.2, 0.25) is 0 Å². The summed E-state index contributed by atoms with van der Waals surface area (Å²) < 4.78 is 5.77. The Morgan fingerprint density at radius 1 is 1.22 bits per heavy atom. The molecule has 0 aliphatic rings. The van der Waals surface area contributed by atoms with E-state index in [0.717, 1.165) is 12.3 Å². The highest BCUT2D eigenvalue weighted by Gasteiger charge is 2.07. The monoisotopic (exact) mass is 289 g/mol. The van der Waals surface area contributed by atoms with Crippen LogP contribution in [0, 0.1) is 0 Å². The van der Waals surface area contributed by atoms with Crippen molar-refractivity contribution in [1.29, 1.82) is 0 Å². The van der Waals surface area contributed by atoms with Crippen molar-refractivity contribution in [1.82, 2.24) is 5.32 Å². The molecule has 0 saturated heterocycles. The fourth-order valence-corrected chi connectivity index (χ4v) is 2.01. The minimum atomic E-state index is 0.0987. The number of ether oxygens (including phenoxy) is 1. The van der Waals surface area contributed by atoms with Crippen molar-refractivity contribution in [3.8, 4) is 5.75 Å². The predicted molar refractivity (Wildman–Crippen MR) is 78.9 cm³/mol. The number of hydrogen-bond acceptors (Lipinski definition) is 2. The highest BCUT2D eigenvalue weighted by atomic mass is 35.5. The second kappa shape index (κ2) is 7.88. The van der Waals surface area contributed by atoms with Crippen molar-refractivity contribution in [3.05, 3.63) is 28.2 Å². The largest absolute Gasteiger partial charge is 0.489 e. The zero-order valence-corrected chi connectivity index (χ0v) is 12.7. The first-order chi connectivity index (χ1) is 8.52. The molecule has 1 aromatic rings. The second-order valence-electron chi connectivity index (χ2n) is 4.60. The maximum absolute atomic E-state index is 5.94. The van der Waals surface area contributed by atoms with Gasteiger partial charge in [-0.2, -0.15) is 0 Å². The zero-order chi connectivity index (χ0) is 13.5. The molecule has 18 heavy (non-hydrogen) atoms. The molecule has 0 saturated carbocycles. The molecule has 0 bridgehead atoms. The van der Waals surface area contributed by atoms with Gasteiger partial charge in [0.05, 0.1) is 10.0 Å². The summed E-state index contributed by atoms with van der Waals surface area (Å²) in [4.78, 5) is 0. The molecular weight excluding hydrogens is 269 g/mol. The van der Waals surface area contributed by atoms with Crippen molar-refractivity contribution < 1.29 is 4.74 Å². The summed E-state index contributed by atoms with van der Waals surface area (Å²) in [5.74, 6) is 0.752. The standard InChI is InChI=1S/C14H21Cl2NO/c1-4-5-10(2)17-9-11(3)18-12-6-7-13(15)14(16)8-12/h6-8,10-11,17H,4-5,9H2,1-3H3. The molecule has 2 atom stereocenters. The molecule has 0 radical (unpaired) electrons. The Bertz CT molecular complexity index is 371. The molecule has 0 aromatic heterocycles. The molecule has 4 heteroatoms. The third-order valence-electron chi connectivity index (χ3n) is 2.70. The van der Waals surface area contributed by atoms with Crippen LogP contribution >= 0.6 is 23.2 Å². The third-order valence-corrected chi connectivity index (χ3v) is 3.44. The van der Waals surface area contributed by atoms with Crippen molar-refractivity contribution >= 4 is 23.2 Å². The first-order valence-corrected chi connectivity index (χ1v) is 7.13. The van der Waals surface area contributed by atoms with E-state index in [-0.39, 0.29) is 6.10 Å². The quantitative estimate of drug-likeness (QED) is 0.796. The van der Waals surface area contributed by atoms with Crippen LogP contribution in [0.1, 0.15) is 33.6 Å². The smallest absolute Gasteiger partial charge is 0.121 e.